The quantitative estimate of drug-likeness (QED) is 0.673. The first-order chi connectivity index (χ1) is 9.50. The highest BCUT2D eigenvalue weighted by atomic mass is 16.6. The molecule has 0 aliphatic carbocycles. The maximum atomic E-state index is 12.4. The van der Waals surface area contributed by atoms with Crippen molar-refractivity contribution in [3.8, 4) is 0 Å². The fourth-order valence-corrected chi connectivity index (χ4v) is 2.61. The molecule has 108 valence electrons. The molecule has 1 aromatic rings. The van der Waals surface area contributed by atoms with Crippen LogP contribution in [-0.4, -0.2) is 34.9 Å². The van der Waals surface area contributed by atoms with Gasteiger partial charge in [0.2, 0.25) is 0 Å². The average molecular weight is 277 g/mol. The molecule has 2 rings (SSSR count). The molecular formula is C14H19N3O3. The third-order valence-corrected chi connectivity index (χ3v) is 3.90. The first kappa shape index (κ1) is 14.5. The van der Waals surface area contributed by atoms with Crippen LogP contribution in [0.15, 0.2) is 24.3 Å². The van der Waals surface area contributed by atoms with Crippen LogP contribution in [-0.2, 0) is 0 Å². The number of nitro benzene ring substituents is 1. The van der Waals surface area contributed by atoms with Crippen molar-refractivity contribution < 1.29 is 9.72 Å². The number of nitrogens with two attached hydrogens (primary N) is 1. The van der Waals surface area contributed by atoms with Crippen LogP contribution in [0.2, 0.25) is 0 Å². The molecule has 1 aromatic carbocycles. The van der Waals surface area contributed by atoms with Crippen molar-refractivity contribution in [1.29, 1.82) is 0 Å². The first-order valence-corrected chi connectivity index (χ1v) is 6.79. The third-order valence-electron chi connectivity index (χ3n) is 3.90. The average Bonchev–Trinajstić information content (AvgIpc) is 2.46. The number of hydrogen-bond acceptors (Lipinski definition) is 4. The van der Waals surface area contributed by atoms with Crippen molar-refractivity contribution in [2.75, 3.05) is 13.1 Å². The summed E-state index contributed by atoms with van der Waals surface area (Å²) in [5, 5.41) is 11.0. The molecule has 0 bridgehead atoms. The summed E-state index contributed by atoms with van der Waals surface area (Å²) >= 11 is 0. The molecule has 0 saturated carbocycles. The van der Waals surface area contributed by atoms with Crippen LogP contribution in [0, 0.1) is 16.0 Å². The molecule has 1 aliphatic heterocycles. The zero-order chi connectivity index (χ0) is 14.7. The van der Waals surface area contributed by atoms with E-state index in [2.05, 4.69) is 0 Å². The van der Waals surface area contributed by atoms with Gasteiger partial charge < -0.3 is 10.6 Å². The predicted molar refractivity (Wildman–Crippen MR) is 75.4 cm³/mol. The molecule has 1 heterocycles. The molecule has 0 aromatic heterocycles. The van der Waals surface area contributed by atoms with Crippen molar-refractivity contribution in [2.24, 2.45) is 11.7 Å². The number of nitrogens with zero attached hydrogens (tertiary/aromatic N) is 2. The van der Waals surface area contributed by atoms with Gasteiger partial charge in [0.1, 0.15) is 5.56 Å². The van der Waals surface area contributed by atoms with Crippen LogP contribution >= 0.6 is 0 Å². The number of hydrogen-bond donors (Lipinski definition) is 1. The summed E-state index contributed by atoms with van der Waals surface area (Å²) in [5.74, 6) is 0.158. The second kappa shape index (κ2) is 6.00. The van der Waals surface area contributed by atoms with Gasteiger partial charge in [-0.15, -0.1) is 0 Å². The maximum absolute atomic E-state index is 12.4. The molecule has 0 spiro atoms. The summed E-state index contributed by atoms with van der Waals surface area (Å²) in [4.78, 5) is 24.5. The number of rotatable bonds is 3. The van der Waals surface area contributed by atoms with E-state index in [-0.39, 0.29) is 23.2 Å². The predicted octanol–water partition coefficient (Wildman–Crippen LogP) is 1.79. The Kier molecular flexibility index (Phi) is 4.34. The number of benzene rings is 1. The molecule has 1 atom stereocenters. The summed E-state index contributed by atoms with van der Waals surface area (Å²) < 4.78 is 0. The van der Waals surface area contributed by atoms with Crippen molar-refractivity contribution in [2.45, 2.75) is 25.8 Å². The van der Waals surface area contributed by atoms with E-state index in [1.54, 1.807) is 17.0 Å². The normalized spacial score (nSPS) is 17.8. The maximum Gasteiger partial charge on any atom is 0.282 e. The fraction of sp³-hybridized carbons (Fsp3) is 0.500. The standard InChI is InChI=1S/C14H19N3O3/c1-10(15)11-6-8-16(9-7-11)14(18)12-4-2-3-5-13(12)17(19)20/h2-5,10-11H,6-9,15H2,1H3. The van der Waals surface area contributed by atoms with Crippen molar-refractivity contribution in [3.63, 3.8) is 0 Å². The monoisotopic (exact) mass is 277 g/mol. The van der Waals surface area contributed by atoms with E-state index in [1.807, 2.05) is 6.92 Å². The smallest absolute Gasteiger partial charge is 0.282 e. The Hall–Kier alpha value is -1.95. The molecular weight excluding hydrogens is 258 g/mol. The first-order valence-electron chi connectivity index (χ1n) is 6.79. The lowest BCUT2D eigenvalue weighted by Gasteiger charge is -2.33. The van der Waals surface area contributed by atoms with Crippen LogP contribution < -0.4 is 5.73 Å². The van der Waals surface area contributed by atoms with E-state index in [0.717, 1.165) is 12.8 Å². The van der Waals surface area contributed by atoms with E-state index in [0.29, 0.717) is 19.0 Å². The summed E-state index contributed by atoms with van der Waals surface area (Å²) in [7, 11) is 0. The van der Waals surface area contributed by atoms with E-state index < -0.39 is 4.92 Å². The summed E-state index contributed by atoms with van der Waals surface area (Å²) in [5.41, 5.74) is 5.90. The number of amides is 1. The molecule has 1 fully saturated rings. The highest BCUT2D eigenvalue weighted by Gasteiger charge is 2.28. The highest BCUT2D eigenvalue weighted by Crippen LogP contribution is 2.24. The van der Waals surface area contributed by atoms with E-state index in [9.17, 15) is 14.9 Å². The summed E-state index contributed by atoms with van der Waals surface area (Å²) in [6.45, 7) is 3.19. The van der Waals surface area contributed by atoms with Gasteiger partial charge in [0.05, 0.1) is 4.92 Å². The number of para-hydroxylation sites is 1. The van der Waals surface area contributed by atoms with Crippen molar-refractivity contribution in [3.05, 3.63) is 39.9 Å². The Labute approximate surface area is 117 Å². The van der Waals surface area contributed by atoms with Crippen LogP contribution in [0.4, 0.5) is 5.69 Å². The second-order valence-electron chi connectivity index (χ2n) is 5.26. The van der Waals surface area contributed by atoms with Gasteiger partial charge in [0.15, 0.2) is 0 Å². The second-order valence-corrected chi connectivity index (χ2v) is 5.26. The Morgan fingerprint density at radius 2 is 2.00 bits per heavy atom. The minimum Gasteiger partial charge on any atom is -0.338 e. The lowest BCUT2D eigenvalue weighted by atomic mass is 9.90. The van der Waals surface area contributed by atoms with Gasteiger partial charge in [-0.1, -0.05) is 12.1 Å². The summed E-state index contributed by atoms with van der Waals surface area (Å²) in [6, 6.07) is 6.21. The molecule has 2 N–H and O–H groups in total. The lowest BCUT2D eigenvalue weighted by Crippen LogP contribution is -2.42. The number of carbonyl (C=O) groups excluding carboxylic acids is 1. The number of carbonyl (C=O) groups is 1. The van der Waals surface area contributed by atoms with E-state index in [1.165, 1.54) is 12.1 Å². The highest BCUT2D eigenvalue weighted by molar-refractivity contribution is 5.98. The van der Waals surface area contributed by atoms with Gasteiger partial charge in [-0.2, -0.15) is 0 Å². The number of piperidine rings is 1. The minimum atomic E-state index is -0.512. The van der Waals surface area contributed by atoms with Gasteiger partial charge in [0.25, 0.3) is 11.6 Å². The third kappa shape index (κ3) is 2.96. The van der Waals surface area contributed by atoms with Gasteiger partial charge >= 0.3 is 0 Å². The van der Waals surface area contributed by atoms with Gasteiger partial charge in [-0.25, -0.2) is 0 Å². The molecule has 1 saturated heterocycles. The lowest BCUT2D eigenvalue weighted by molar-refractivity contribution is -0.385. The van der Waals surface area contributed by atoms with Crippen LogP contribution in [0.5, 0.6) is 0 Å². The van der Waals surface area contributed by atoms with Crippen LogP contribution in [0.25, 0.3) is 0 Å². The molecule has 1 unspecified atom stereocenters. The SMILES string of the molecule is CC(N)C1CCN(C(=O)c2ccccc2[N+](=O)[O-])CC1. The summed E-state index contributed by atoms with van der Waals surface area (Å²) in [6.07, 6.45) is 1.70. The van der Waals surface area contributed by atoms with E-state index >= 15 is 0 Å². The molecule has 0 radical (unpaired) electrons. The Balaban J connectivity index is 2.12. The zero-order valence-electron chi connectivity index (χ0n) is 11.5. The van der Waals surface area contributed by atoms with Crippen molar-refractivity contribution >= 4 is 11.6 Å². The molecule has 20 heavy (non-hydrogen) atoms. The van der Waals surface area contributed by atoms with Gasteiger partial charge in [-0.05, 0) is 31.7 Å². The Bertz CT molecular complexity index is 508. The number of likely N-dealkylation sites (tertiary alicyclic amines) is 1. The Morgan fingerprint density at radius 3 is 2.55 bits per heavy atom. The Morgan fingerprint density at radius 1 is 1.40 bits per heavy atom. The molecule has 6 nitrogen and oxygen atoms in total. The van der Waals surface area contributed by atoms with Crippen LogP contribution in [0.3, 0.4) is 0 Å². The minimum absolute atomic E-state index is 0.123. The molecule has 6 heteroatoms. The fourth-order valence-electron chi connectivity index (χ4n) is 2.61. The topological polar surface area (TPSA) is 89.5 Å². The van der Waals surface area contributed by atoms with Gasteiger partial charge in [-0.3, -0.25) is 14.9 Å². The zero-order valence-corrected chi connectivity index (χ0v) is 11.5. The largest absolute Gasteiger partial charge is 0.338 e. The van der Waals surface area contributed by atoms with Gasteiger partial charge in [0, 0.05) is 25.2 Å². The molecule has 1 amide bonds. The molecule has 1 aliphatic rings. The number of nitro groups is 1. The van der Waals surface area contributed by atoms with Crippen LogP contribution in [0.1, 0.15) is 30.1 Å². The van der Waals surface area contributed by atoms with E-state index in [4.69, 9.17) is 5.73 Å². The van der Waals surface area contributed by atoms with Crippen molar-refractivity contribution in [1.82, 2.24) is 4.90 Å².